The van der Waals surface area contributed by atoms with Gasteiger partial charge in [-0.25, -0.2) is 0 Å². The summed E-state index contributed by atoms with van der Waals surface area (Å²) < 4.78 is 0.953. The number of phenols is 2. The summed E-state index contributed by atoms with van der Waals surface area (Å²) in [7, 11) is 0. The third-order valence-corrected chi connectivity index (χ3v) is 3.15. The van der Waals surface area contributed by atoms with Crippen molar-refractivity contribution in [3.05, 3.63) is 52.5 Å². The summed E-state index contributed by atoms with van der Waals surface area (Å²) in [6, 6.07) is 13.2. The molecule has 0 aromatic heterocycles. The molecule has 2 aromatic carbocycles. The summed E-state index contributed by atoms with van der Waals surface area (Å²) in [6.07, 6.45) is 0. The van der Waals surface area contributed by atoms with Gasteiger partial charge in [0, 0.05) is 10.2 Å². The van der Waals surface area contributed by atoms with Gasteiger partial charge in [-0.3, -0.25) is 0 Å². The van der Waals surface area contributed by atoms with Crippen LogP contribution in [-0.2, 0) is 0 Å². The van der Waals surface area contributed by atoms with Gasteiger partial charge in [0.25, 0.3) is 0 Å². The summed E-state index contributed by atoms with van der Waals surface area (Å²) in [4.78, 5) is 0. The van der Waals surface area contributed by atoms with Gasteiger partial charge in [0.15, 0.2) is 11.5 Å². The maximum absolute atomic E-state index is 9.45. The van der Waals surface area contributed by atoms with Crippen molar-refractivity contribution in [2.24, 2.45) is 0 Å². The average Bonchev–Trinajstić information content (AvgIpc) is 2.41. The Morgan fingerprint density at radius 3 is 2.32 bits per heavy atom. The molecular formula is C14H11BrN2O2. The topological polar surface area (TPSA) is 76.3 Å². The van der Waals surface area contributed by atoms with E-state index in [1.807, 2.05) is 24.3 Å². The van der Waals surface area contributed by atoms with Crippen LogP contribution in [0.2, 0.25) is 0 Å². The average molecular weight is 319 g/mol. The minimum absolute atomic E-state index is 0.205. The number of hydrogen-bond acceptors (Lipinski definition) is 4. The molecule has 0 aliphatic rings. The molecule has 0 aliphatic heterocycles. The second-order valence-electron chi connectivity index (χ2n) is 3.96. The van der Waals surface area contributed by atoms with Crippen LogP contribution in [0.3, 0.4) is 0 Å². The lowest BCUT2D eigenvalue weighted by Crippen LogP contribution is -2.08. The van der Waals surface area contributed by atoms with Crippen molar-refractivity contribution in [2.75, 3.05) is 5.32 Å². The number of rotatable bonds is 3. The summed E-state index contributed by atoms with van der Waals surface area (Å²) in [5.41, 5.74) is 1.38. The lowest BCUT2D eigenvalue weighted by molar-refractivity contribution is 0.403. The van der Waals surface area contributed by atoms with Gasteiger partial charge in [0.05, 0.1) is 6.07 Å². The van der Waals surface area contributed by atoms with Crippen LogP contribution in [0.25, 0.3) is 0 Å². The lowest BCUT2D eigenvalue weighted by atomic mass is 10.1. The number of nitriles is 1. The van der Waals surface area contributed by atoms with E-state index in [9.17, 15) is 15.5 Å². The Hall–Kier alpha value is -2.19. The Labute approximate surface area is 119 Å². The molecule has 0 radical (unpaired) electrons. The zero-order valence-electron chi connectivity index (χ0n) is 9.84. The first kappa shape index (κ1) is 13.2. The van der Waals surface area contributed by atoms with Crippen LogP contribution in [0.15, 0.2) is 46.9 Å². The molecule has 2 aromatic rings. The van der Waals surface area contributed by atoms with Gasteiger partial charge in [-0.1, -0.05) is 22.0 Å². The van der Waals surface area contributed by atoms with Crippen LogP contribution in [0, 0.1) is 11.3 Å². The van der Waals surface area contributed by atoms with E-state index in [2.05, 4.69) is 27.3 Å². The van der Waals surface area contributed by atoms with Gasteiger partial charge in [0.1, 0.15) is 6.04 Å². The SMILES string of the molecule is N#CC(Nc1ccc(Br)cc1)c1ccc(O)c(O)c1. The Bertz CT molecular complexity index is 620. The molecule has 3 N–H and O–H groups in total. The molecule has 0 bridgehead atoms. The molecular weight excluding hydrogens is 308 g/mol. The fourth-order valence-corrected chi connectivity index (χ4v) is 1.89. The predicted octanol–water partition coefficient (Wildman–Crippen LogP) is 3.54. The van der Waals surface area contributed by atoms with E-state index in [0.29, 0.717) is 5.56 Å². The largest absolute Gasteiger partial charge is 0.504 e. The van der Waals surface area contributed by atoms with Crippen molar-refractivity contribution in [3.63, 3.8) is 0 Å². The first-order valence-electron chi connectivity index (χ1n) is 5.54. The fourth-order valence-electron chi connectivity index (χ4n) is 1.62. The monoisotopic (exact) mass is 318 g/mol. The minimum Gasteiger partial charge on any atom is -0.504 e. The molecule has 5 heteroatoms. The van der Waals surface area contributed by atoms with Gasteiger partial charge in [0.2, 0.25) is 0 Å². The summed E-state index contributed by atoms with van der Waals surface area (Å²) in [5.74, 6) is -0.445. The second-order valence-corrected chi connectivity index (χ2v) is 4.88. The van der Waals surface area contributed by atoms with Gasteiger partial charge < -0.3 is 15.5 Å². The number of benzene rings is 2. The number of hydrogen-bond donors (Lipinski definition) is 3. The van der Waals surface area contributed by atoms with E-state index in [0.717, 1.165) is 10.2 Å². The first-order valence-corrected chi connectivity index (χ1v) is 6.33. The van der Waals surface area contributed by atoms with E-state index in [1.54, 1.807) is 6.07 Å². The highest BCUT2D eigenvalue weighted by atomic mass is 79.9. The highest BCUT2D eigenvalue weighted by molar-refractivity contribution is 9.10. The van der Waals surface area contributed by atoms with E-state index in [1.165, 1.54) is 12.1 Å². The van der Waals surface area contributed by atoms with Crippen LogP contribution in [0.1, 0.15) is 11.6 Å². The molecule has 1 unspecified atom stereocenters. The minimum atomic E-state index is -0.604. The number of aromatic hydroxyl groups is 2. The molecule has 0 saturated heterocycles. The van der Waals surface area contributed by atoms with Crippen LogP contribution in [0.5, 0.6) is 11.5 Å². The van der Waals surface area contributed by atoms with E-state index < -0.39 is 6.04 Å². The van der Waals surface area contributed by atoms with E-state index in [4.69, 9.17) is 0 Å². The van der Waals surface area contributed by atoms with Crippen LogP contribution >= 0.6 is 15.9 Å². The molecule has 2 rings (SSSR count). The summed E-state index contributed by atoms with van der Waals surface area (Å²) >= 11 is 3.34. The summed E-state index contributed by atoms with van der Waals surface area (Å²) in [5, 5.41) is 30.9. The van der Waals surface area contributed by atoms with Crippen molar-refractivity contribution < 1.29 is 10.2 Å². The molecule has 19 heavy (non-hydrogen) atoms. The van der Waals surface area contributed by atoms with Gasteiger partial charge in [-0.05, 0) is 42.0 Å². The molecule has 0 spiro atoms. The van der Waals surface area contributed by atoms with Crippen LogP contribution < -0.4 is 5.32 Å². The fraction of sp³-hybridized carbons (Fsp3) is 0.0714. The van der Waals surface area contributed by atoms with Crippen LogP contribution in [0.4, 0.5) is 5.69 Å². The zero-order valence-corrected chi connectivity index (χ0v) is 11.4. The van der Waals surface area contributed by atoms with Crippen LogP contribution in [-0.4, -0.2) is 10.2 Å². The Morgan fingerprint density at radius 2 is 1.74 bits per heavy atom. The maximum Gasteiger partial charge on any atom is 0.157 e. The Kier molecular flexibility index (Phi) is 3.93. The highest BCUT2D eigenvalue weighted by Crippen LogP contribution is 2.29. The highest BCUT2D eigenvalue weighted by Gasteiger charge is 2.12. The maximum atomic E-state index is 9.45. The normalized spacial score (nSPS) is 11.6. The molecule has 1 atom stereocenters. The van der Waals surface area contributed by atoms with Gasteiger partial charge >= 0.3 is 0 Å². The number of phenolic OH excluding ortho intramolecular Hbond substituents is 2. The molecule has 0 heterocycles. The summed E-state index contributed by atoms with van der Waals surface area (Å²) in [6.45, 7) is 0. The smallest absolute Gasteiger partial charge is 0.157 e. The molecule has 96 valence electrons. The quantitative estimate of drug-likeness (QED) is 0.756. The zero-order chi connectivity index (χ0) is 13.8. The first-order chi connectivity index (χ1) is 9.10. The molecule has 0 amide bonds. The van der Waals surface area contributed by atoms with E-state index >= 15 is 0 Å². The molecule has 0 saturated carbocycles. The molecule has 4 nitrogen and oxygen atoms in total. The number of halogens is 1. The predicted molar refractivity (Wildman–Crippen MR) is 75.9 cm³/mol. The third-order valence-electron chi connectivity index (χ3n) is 2.62. The number of anilines is 1. The van der Waals surface area contributed by atoms with Gasteiger partial charge in [-0.2, -0.15) is 5.26 Å². The second kappa shape index (κ2) is 5.63. The Balaban J connectivity index is 2.23. The van der Waals surface area contributed by atoms with Crippen molar-refractivity contribution in [2.45, 2.75) is 6.04 Å². The number of nitrogens with one attached hydrogen (secondary N) is 1. The number of nitrogens with zero attached hydrogens (tertiary/aromatic N) is 1. The van der Waals surface area contributed by atoms with Crippen molar-refractivity contribution in [1.82, 2.24) is 0 Å². The van der Waals surface area contributed by atoms with Crippen molar-refractivity contribution in [1.29, 1.82) is 5.26 Å². The van der Waals surface area contributed by atoms with Crippen molar-refractivity contribution in [3.8, 4) is 17.6 Å². The third kappa shape index (κ3) is 3.18. The van der Waals surface area contributed by atoms with E-state index in [-0.39, 0.29) is 11.5 Å². The lowest BCUT2D eigenvalue weighted by Gasteiger charge is -2.14. The molecule has 0 aliphatic carbocycles. The standard InChI is InChI=1S/C14H11BrN2O2/c15-10-2-4-11(5-3-10)17-12(8-16)9-1-6-13(18)14(19)7-9/h1-7,12,17-19H. The van der Waals surface area contributed by atoms with Crippen molar-refractivity contribution >= 4 is 21.6 Å². The Morgan fingerprint density at radius 1 is 1.05 bits per heavy atom. The van der Waals surface area contributed by atoms with Gasteiger partial charge in [-0.15, -0.1) is 0 Å². The molecule has 0 fully saturated rings.